The van der Waals surface area contributed by atoms with Gasteiger partial charge in [0.25, 0.3) is 0 Å². The minimum absolute atomic E-state index is 0.221. The second-order valence-electron chi connectivity index (χ2n) is 6.28. The Hall–Kier alpha value is -2.73. The summed E-state index contributed by atoms with van der Waals surface area (Å²) in [5.74, 6) is -0.221. The molecule has 1 aromatic heterocycles. The fraction of sp³-hybridized carbons (Fsp3) is 0.143. The van der Waals surface area contributed by atoms with Gasteiger partial charge in [-0.1, -0.05) is 42.5 Å². The number of aryl methyl sites for hydroxylation is 1. The normalized spacial score (nSPS) is 11.9. The molecule has 0 spiro atoms. The van der Waals surface area contributed by atoms with Gasteiger partial charge in [0.15, 0.2) is 5.75 Å². The van der Waals surface area contributed by atoms with Crippen molar-refractivity contribution in [1.82, 2.24) is 0 Å². The average molecular weight is 387 g/mol. The summed E-state index contributed by atoms with van der Waals surface area (Å²) in [5, 5.41) is 2.25. The maximum absolute atomic E-state index is 12.8. The Bertz CT molecular complexity index is 1130. The SMILES string of the molecule is Cc1cccc2c1sc1c(N(C)c3ccccc3OC(F)(F)F)cccc12. The largest absolute Gasteiger partial charge is 0.573 e. The van der Waals surface area contributed by atoms with Crippen LogP contribution in [0.1, 0.15) is 5.56 Å². The van der Waals surface area contributed by atoms with Crippen molar-refractivity contribution in [2.45, 2.75) is 13.3 Å². The van der Waals surface area contributed by atoms with Gasteiger partial charge in [-0.3, -0.25) is 0 Å². The fourth-order valence-corrected chi connectivity index (χ4v) is 4.60. The van der Waals surface area contributed by atoms with E-state index in [0.29, 0.717) is 5.69 Å². The van der Waals surface area contributed by atoms with Crippen LogP contribution in [-0.4, -0.2) is 13.4 Å². The standard InChI is InChI=1S/C21H16F3NOS/c1-13-7-5-8-14-15-9-6-11-17(20(15)27-19(13)14)25(2)16-10-3-4-12-18(16)26-21(22,23)24/h3-12H,1-2H3. The van der Waals surface area contributed by atoms with Gasteiger partial charge >= 0.3 is 6.36 Å². The van der Waals surface area contributed by atoms with E-state index >= 15 is 0 Å². The van der Waals surface area contributed by atoms with Crippen molar-refractivity contribution in [2.24, 2.45) is 0 Å². The number of hydrogen-bond acceptors (Lipinski definition) is 3. The number of ether oxygens (including phenoxy) is 1. The summed E-state index contributed by atoms with van der Waals surface area (Å²) >= 11 is 1.65. The first kappa shape index (κ1) is 17.7. The van der Waals surface area contributed by atoms with E-state index < -0.39 is 6.36 Å². The Morgan fingerprint density at radius 1 is 0.815 bits per heavy atom. The summed E-state index contributed by atoms with van der Waals surface area (Å²) in [6.07, 6.45) is -4.74. The van der Waals surface area contributed by atoms with Crippen LogP contribution in [0, 0.1) is 6.92 Å². The molecule has 0 atom stereocenters. The molecule has 0 fully saturated rings. The van der Waals surface area contributed by atoms with Crippen LogP contribution in [0.25, 0.3) is 20.2 Å². The van der Waals surface area contributed by atoms with Gasteiger partial charge in [-0.15, -0.1) is 24.5 Å². The van der Waals surface area contributed by atoms with Gasteiger partial charge in [0.1, 0.15) is 0 Å². The molecule has 0 amide bonds. The molecule has 3 aromatic carbocycles. The van der Waals surface area contributed by atoms with Crippen molar-refractivity contribution >= 4 is 42.9 Å². The number of rotatable bonds is 3. The number of hydrogen-bond donors (Lipinski definition) is 0. The molecular formula is C21H16F3NOS. The molecule has 4 aromatic rings. The van der Waals surface area contributed by atoms with Gasteiger partial charge in [0.05, 0.1) is 16.1 Å². The Morgan fingerprint density at radius 2 is 1.44 bits per heavy atom. The second kappa shape index (κ2) is 6.46. The molecule has 6 heteroatoms. The molecule has 0 radical (unpaired) electrons. The molecule has 0 aliphatic rings. The highest BCUT2D eigenvalue weighted by Crippen LogP contribution is 2.44. The smallest absolute Gasteiger partial charge is 0.404 e. The Kier molecular flexibility index (Phi) is 4.23. The van der Waals surface area contributed by atoms with E-state index in [1.807, 2.05) is 24.3 Å². The first-order valence-electron chi connectivity index (χ1n) is 8.34. The third-order valence-electron chi connectivity index (χ3n) is 4.51. The van der Waals surface area contributed by atoms with Crippen molar-refractivity contribution in [1.29, 1.82) is 0 Å². The molecular weight excluding hydrogens is 371 g/mol. The molecule has 0 saturated carbocycles. The van der Waals surface area contributed by atoms with Crippen LogP contribution in [0.2, 0.25) is 0 Å². The van der Waals surface area contributed by atoms with Gasteiger partial charge in [-0.05, 0) is 30.7 Å². The Balaban J connectivity index is 1.88. The van der Waals surface area contributed by atoms with E-state index in [1.54, 1.807) is 35.4 Å². The fourth-order valence-electron chi connectivity index (χ4n) is 3.29. The summed E-state index contributed by atoms with van der Waals surface area (Å²) in [4.78, 5) is 1.74. The molecule has 0 N–H and O–H groups in total. The van der Waals surface area contributed by atoms with Crippen molar-refractivity contribution < 1.29 is 17.9 Å². The van der Waals surface area contributed by atoms with E-state index in [-0.39, 0.29) is 5.75 Å². The van der Waals surface area contributed by atoms with Crippen LogP contribution < -0.4 is 9.64 Å². The van der Waals surface area contributed by atoms with Crippen molar-refractivity contribution in [2.75, 3.05) is 11.9 Å². The van der Waals surface area contributed by atoms with Crippen molar-refractivity contribution in [3.8, 4) is 5.75 Å². The molecule has 0 aliphatic heterocycles. The van der Waals surface area contributed by atoms with Crippen LogP contribution in [0.3, 0.4) is 0 Å². The lowest BCUT2D eigenvalue weighted by Crippen LogP contribution is -2.19. The number of thiophene rings is 1. The summed E-state index contributed by atoms with van der Waals surface area (Å²) in [6.45, 7) is 2.06. The van der Waals surface area contributed by atoms with Gasteiger partial charge in [-0.25, -0.2) is 0 Å². The second-order valence-corrected chi connectivity index (χ2v) is 7.30. The van der Waals surface area contributed by atoms with E-state index in [4.69, 9.17) is 0 Å². The van der Waals surface area contributed by atoms with Gasteiger partial charge in [0, 0.05) is 22.5 Å². The van der Waals surface area contributed by atoms with Gasteiger partial charge < -0.3 is 9.64 Å². The van der Waals surface area contributed by atoms with Crippen LogP contribution in [0.5, 0.6) is 5.75 Å². The number of fused-ring (bicyclic) bond motifs is 3. The summed E-state index contributed by atoms with van der Waals surface area (Å²) < 4.78 is 44.8. The number of benzene rings is 3. The first-order valence-corrected chi connectivity index (χ1v) is 9.16. The minimum atomic E-state index is -4.74. The number of anilines is 2. The molecule has 27 heavy (non-hydrogen) atoms. The lowest BCUT2D eigenvalue weighted by atomic mass is 10.1. The van der Waals surface area contributed by atoms with Crippen LogP contribution in [0.15, 0.2) is 60.7 Å². The van der Waals surface area contributed by atoms with E-state index in [1.165, 1.54) is 22.4 Å². The average Bonchev–Trinajstić information content (AvgIpc) is 3.01. The topological polar surface area (TPSA) is 12.5 Å². The van der Waals surface area contributed by atoms with Crippen LogP contribution in [0.4, 0.5) is 24.5 Å². The molecule has 1 heterocycles. The number of halogens is 3. The maximum Gasteiger partial charge on any atom is 0.573 e. The van der Waals surface area contributed by atoms with Crippen molar-refractivity contribution in [3.63, 3.8) is 0 Å². The lowest BCUT2D eigenvalue weighted by molar-refractivity contribution is -0.274. The van der Waals surface area contributed by atoms with Crippen LogP contribution >= 0.6 is 11.3 Å². The zero-order chi connectivity index (χ0) is 19.2. The first-order chi connectivity index (χ1) is 12.8. The monoisotopic (exact) mass is 387 g/mol. The number of para-hydroxylation sites is 2. The van der Waals surface area contributed by atoms with Gasteiger partial charge in [-0.2, -0.15) is 0 Å². The quantitative estimate of drug-likeness (QED) is 0.374. The third kappa shape index (κ3) is 3.21. The zero-order valence-corrected chi connectivity index (χ0v) is 15.5. The maximum atomic E-state index is 12.8. The number of alkyl halides is 3. The van der Waals surface area contributed by atoms with Gasteiger partial charge in [0.2, 0.25) is 0 Å². The molecule has 138 valence electrons. The summed E-state index contributed by atoms with van der Waals surface area (Å²) in [6, 6.07) is 18.2. The zero-order valence-electron chi connectivity index (χ0n) is 14.7. The molecule has 2 nitrogen and oxygen atoms in total. The van der Waals surface area contributed by atoms with Crippen LogP contribution in [-0.2, 0) is 0 Å². The predicted octanol–water partition coefficient (Wildman–Crippen LogP) is 7.03. The van der Waals surface area contributed by atoms with E-state index in [9.17, 15) is 13.2 Å². The molecule has 0 unspecified atom stereocenters. The highest BCUT2D eigenvalue weighted by atomic mass is 32.1. The number of nitrogens with zero attached hydrogens (tertiary/aromatic N) is 1. The highest BCUT2D eigenvalue weighted by molar-refractivity contribution is 7.26. The third-order valence-corrected chi connectivity index (χ3v) is 5.89. The molecule has 4 rings (SSSR count). The Morgan fingerprint density at radius 3 is 2.19 bits per heavy atom. The minimum Gasteiger partial charge on any atom is -0.404 e. The van der Waals surface area contributed by atoms with Crippen molar-refractivity contribution in [3.05, 3.63) is 66.2 Å². The molecule has 0 saturated heterocycles. The highest BCUT2D eigenvalue weighted by Gasteiger charge is 2.32. The lowest BCUT2D eigenvalue weighted by Gasteiger charge is -2.23. The van der Waals surface area contributed by atoms with E-state index in [2.05, 4.69) is 23.8 Å². The molecule has 0 bridgehead atoms. The summed E-state index contributed by atoms with van der Waals surface area (Å²) in [7, 11) is 1.75. The van der Waals surface area contributed by atoms with E-state index in [0.717, 1.165) is 21.2 Å². The predicted molar refractivity (Wildman–Crippen MR) is 105 cm³/mol. The Labute approximate surface area is 158 Å². The molecule has 0 aliphatic carbocycles. The summed E-state index contributed by atoms with van der Waals surface area (Å²) in [5.41, 5.74) is 2.38.